The van der Waals surface area contributed by atoms with Crippen molar-refractivity contribution in [2.24, 2.45) is 5.92 Å². The molecule has 168 valence electrons. The Balaban J connectivity index is 1.18. The fourth-order valence-corrected chi connectivity index (χ4v) is 4.02. The number of carbonyl (C=O) groups excluding carboxylic acids is 2. The molecule has 1 saturated heterocycles. The number of aromatic nitrogens is 1. The predicted molar refractivity (Wildman–Crippen MR) is 115 cm³/mol. The topological polar surface area (TPSA) is 68.7 Å². The predicted octanol–water partition coefficient (Wildman–Crippen LogP) is 3.68. The molecule has 3 aromatic rings. The van der Waals surface area contributed by atoms with Crippen LogP contribution in [0.25, 0.3) is 11.1 Å². The summed E-state index contributed by atoms with van der Waals surface area (Å²) < 4.78 is 39.7. The number of fused-ring (bicyclic) bond motifs is 1. The molecule has 2 aliphatic heterocycles. The molecule has 5 rings (SSSR count). The minimum absolute atomic E-state index is 0.0128. The van der Waals surface area contributed by atoms with Crippen molar-refractivity contribution in [3.8, 4) is 22.6 Å². The number of carbonyl (C=O) groups is 2. The number of likely N-dealkylation sites (tertiary alicyclic amines) is 1. The van der Waals surface area contributed by atoms with Crippen LogP contribution in [0.5, 0.6) is 11.5 Å². The number of amides is 1. The molecule has 0 atom stereocenters. The van der Waals surface area contributed by atoms with Crippen LogP contribution in [0.1, 0.15) is 15.9 Å². The molecule has 2 aliphatic rings. The summed E-state index contributed by atoms with van der Waals surface area (Å²) in [5, 5.41) is 0. The molecule has 1 amide bonds. The van der Waals surface area contributed by atoms with Crippen molar-refractivity contribution in [2.45, 2.75) is 6.42 Å². The monoisotopic (exact) mass is 450 g/mol. The third-order valence-corrected chi connectivity index (χ3v) is 5.82. The summed E-state index contributed by atoms with van der Waals surface area (Å²) in [6.45, 7) is 0.911. The first-order valence-corrected chi connectivity index (χ1v) is 10.6. The van der Waals surface area contributed by atoms with Crippen molar-refractivity contribution in [1.29, 1.82) is 0 Å². The second kappa shape index (κ2) is 8.61. The average molecular weight is 450 g/mol. The van der Waals surface area contributed by atoms with E-state index in [1.165, 1.54) is 17.0 Å². The Hall–Kier alpha value is -3.81. The van der Waals surface area contributed by atoms with E-state index in [0.717, 1.165) is 17.2 Å². The second-order valence-corrected chi connectivity index (χ2v) is 8.21. The van der Waals surface area contributed by atoms with E-state index in [4.69, 9.17) is 9.47 Å². The normalized spacial score (nSPS) is 15.5. The van der Waals surface area contributed by atoms with Crippen molar-refractivity contribution in [3.63, 3.8) is 0 Å². The number of halogens is 2. The smallest absolute Gasteiger partial charge is 0.256 e. The number of ether oxygens (including phenoxy) is 2. The Morgan fingerprint density at radius 2 is 1.85 bits per heavy atom. The zero-order valence-corrected chi connectivity index (χ0v) is 17.6. The van der Waals surface area contributed by atoms with Crippen molar-refractivity contribution in [1.82, 2.24) is 9.88 Å². The number of hydrogen-bond acceptors (Lipinski definition) is 5. The Labute approximate surface area is 188 Å². The Bertz CT molecular complexity index is 1230. The summed E-state index contributed by atoms with van der Waals surface area (Å²) in [6, 6.07) is 10.9. The molecule has 1 aromatic heterocycles. The van der Waals surface area contributed by atoms with Crippen LogP contribution < -0.4 is 9.47 Å². The van der Waals surface area contributed by atoms with Gasteiger partial charge in [0, 0.05) is 49.5 Å². The number of rotatable bonds is 5. The van der Waals surface area contributed by atoms with Gasteiger partial charge in [-0.05, 0) is 41.5 Å². The Morgan fingerprint density at radius 1 is 1.06 bits per heavy atom. The first-order valence-electron chi connectivity index (χ1n) is 10.6. The van der Waals surface area contributed by atoms with Crippen LogP contribution in [0.3, 0.4) is 0 Å². The lowest BCUT2D eigenvalue weighted by molar-refractivity contribution is -0.121. The minimum atomic E-state index is -0.677. The molecule has 0 spiro atoms. The van der Waals surface area contributed by atoms with Gasteiger partial charge in [0.1, 0.15) is 18.2 Å². The highest BCUT2D eigenvalue weighted by Crippen LogP contribution is 2.30. The SMILES string of the molecule is O=C1COc2cc(F)c(C(=O)N3CC(COc4ccc(-c5ccncc5)cc4F)C3)cc2C1. The maximum Gasteiger partial charge on any atom is 0.256 e. The second-order valence-electron chi connectivity index (χ2n) is 8.21. The number of pyridine rings is 1. The van der Waals surface area contributed by atoms with Crippen LogP contribution >= 0.6 is 0 Å². The Morgan fingerprint density at radius 3 is 2.61 bits per heavy atom. The van der Waals surface area contributed by atoms with Crippen LogP contribution in [0.15, 0.2) is 54.9 Å². The van der Waals surface area contributed by atoms with Crippen LogP contribution in [-0.2, 0) is 11.2 Å². The van der Waals surface area contributed by atoms with Crippen molar-refractivity contribution >= 4 is 11.7 Å². The molecule has 0 aliphatic carbocycles. The minimum Gasteiger partial charge on any atom is -0.490 e. The quantitative estimate of drug-likeness (QED) is 0.593. The van der Waals surface area contributed by atoms with Gasteiger partial charge in [-0.25, -0.2) is 8.78 Å². The molecular formula is C25H20F2N2O4. The molecule has 33 heavy (non-hydrogen) atoms. The molecule has 0 unspecified atom stereocenters. The lowest BCUT2D eigenvalue weighted by atomic mass is 9.97. The first kappa shape index (κ1) is 21.1. The number of ketones is 1. The molecule has 8 heteroatoms. The molecule has 0 radical (unpaired) electrons. The zero-order chi connectivity index (χ0) is 22.9. The maximum atomic E-state index is 14.5. The number of benzene rings is 2. The number of Topliss-reactive ketones (excluding diaryl/α,β-unsaturated/α-hetero) is 1. The summed E-state index contributed by atoms with van der Waals surface area (Å²) >= 11 is 0. The van der Waals surface area contributed by atoms with E-state index in [1.54, 1.807) is 36.7 Å². The van der Waals surface area contributed by atoms with E-state index in [1.807, 2.05) is 0 Å². The molecule has 6 nitrogen and oxygen atoms in total. The van der Waals surface area contributed by atoms with Crippen molar-refractivity contribution in [3.05, 3.63) is 77.6 Å². The molecule has 3 heterocycles. The molecule has 1 fully saturated rings. The van der Waals surface area contributed by atoms with Gasteiger partial charge in [0.15, 0.2) is 17.3 Å². The standard InChI is InChI=1S/C25H20F2N2O4/c26-21-10-24-18(7-19(30)14-33-24)8-20(21)25(31)29-11-15(12-29)13-32-23-2-1-17(9-22(23)27)16-3-5-28-6-4-16/h1-6,8-10,15H,7,11-14H2. The lowest BCUT2D eigenvalue weighted by Crippen LogP contribution is -2.52. The summed E-state index contributed by atoms with van der Waals surface area (Å²) in [7, 11) is 0. The van der Waals surface area contributed by atoms with Gasteiger partial charge in [0.05, 0.1) is 12.2 Å². The first-order chi connectivity index (χ1) is 16.0. The summed E-state index contributed by atoms with van der Waals surface area (Å²) in [6.07, 6.45) is 3.41. The summed E-state index contributed by atoms with van der Waals surface area (Å²) in [4.78, 5) is 29.8. The highest BCUT2D eigenvalue weighted by Gasteiger charge is 2.34. The highest BCUT2D eigenvalue weighted by atomic mass is 19.1. The Kier molecular flexibility index (Phi) is 5.50. The van der Waals surface area contributed by atoms with E-state index in [-0.39, 0.29) is 42.6 Å². The molecule has 2 aromatic carbocycles. The average Bonchev–Trinajstić information content (AvgIpc) is 2.79. The van der Waals surface area contributed by atoms with Gasteiger partial charge in [-0.2, -0.15) is 0 Å². The van der Waals surface area contributed by atoms with E-state index >= 15 is 0 Å². The van der Waals surface area contributed by atoms with Gasteiger partial charge >= 0.3 is 0 Å². The zero-order valence-electron chi connectivity index (χ0n) is 17.6. The van der Waals surface area contributed by atoms with E-state index in [2.05, 4.69) is 4.98 Å². The molecule has 0 bridgehead atoms. The van der Waals surface area contributed by atoms with Crippen molar-refractivity contribution < 1.29 is 27.8 Å². The van der Waals surface area contributed by atoms with Gasteiger partial charge in [0.2, 0.25) is 0 Å². The van der Waals surface area contributed by atoms with E-state index in [9.17, 15) is 18.4 Å². The van der Waals surface area contributed by atoms with Crippen LogP contribution in [0.2, 0.25) is 0 Å². The van der Waals surface area contributed by atoms with Gasteiger partial charge in [-0.15, -0.1) is 0 Å². The fourth-order valence-electron chi connectivity index (χ4n) is 4.02. The van der Waals surface area contributed by atoms with Crippen LogP contribution in [-0.4, -0.2) is 47.9 Å². The number of nitrogens with zero attached hydrogens (tertiary/aromatic N) is 2. The highest BCUT2D eigenvalue weighted by molar-refractivity contribution is 5.96. The molecule has 0 N–H and O–H groups in total. The molecular weight excluding hydrogens is 430 g/mol. The van der Waals surface area contributed by atoms with Crippen LogP contribution in [0, 0.1) is 17.6 Å². The van der Waals surface area contributed by atoms with E-state index in [0.29, 0.717) is 24.4 Å². The summed E-state index contributed by atoms with van der Waals surface area (Å²) in [5.41, 5.74) is 2.02. The van der Waals surface area contributed by atoms with Gasteiger partial charge < -0.3 is 14.4 Å². The van der Waals surface area contributed by atoms with Crippen LogP contribution in [0.4, 0.5) is 8.78 Å². The fraction of sp³-hybridized carbons (Fsp3) is 0.240. The number of hydrogen-bond donors (Lipinski definition) is 0. The molecule has 0 saturated carbocycles. The van der Waals surface area contributed by atoms with Gasteiger partial charge in [-0.1, -0.05) is 6.07 Å². The van der Waals surface area contributed by atoms with E-state index < -0.39 is 17.5 Å². The van der Waals surface area contributed by atoms with Crippen molar-refractivity contribution in [2.75, 3.05) is 26.3 Å². The van der Waals surface area contributed by atoms with Gasteiger partial charge in [-0.3, -0.25) is 14.6 Å². The maximum absolute atomic E-state index is 14.5. The third-order valence-electron chi connectivity index (χ3n) is 5.82. The van der Waals surface area contributed by atoms with Gasteiger partial charge in [0.25, 0.3) is 5.91 Å². The third kappa shape index (κ3) is 4.28. The summed E-state index contributed by atoms with van der Waals surface area (Å²) in [5.74, 6) is -1.25. The lowest BCUT2D eigenvalue weighted by Gasteiger charge is -2.39. The largest absolute Gasteiger partial charge is 0.490 e.